The molecule has 0 saturated heterocycles. The Morgan fingerprint density at radius 3 is 2.73 bits per heavy atom. The number of nitrogens with zero attached hydrogens (tertiary/aromatic N) is 2. The molecule has 82 valence electrons. The molecule has 0 radical (unpaired) electrons. The number of aromatic nitrogens is 1. The quantitative estimate of drug-likeness (QED) is 0.387. The largest absolute Gasteiger partial charge is 0.389 e. The van der Waals surface area contributed by atoms with Gasteiger partial charge in [0.15, 0.2) is 0 Å². The summed E-state index contributed by atoms with van der Waals surface area (Å²) < 4.78 is 0. The van der Waals surface area contributed by atoms with Crippen LogP contribution in [0.2, 0.25) is 0 Å². The molecule has 0 fully saturated rings. The third-order valence-electron chi connectivity index (χ3n) is 1.67. The molecule has 0 aliphatic heterocycles. The van der Waals surface area contributed by atoms with Crippen molar-refractivity contribution in [2.24, 2.45) is 0 Å². The summed E-state index contributed by atoms with van der Waals surface area (Å²) >= 11 is 0. The minimum Gasteiger partial charge on any atom is -0.374 e. The Morgan fingerprint density at radius 2 is 2.27 bits per heavy atom. The van der Waals surface area contributed by atoms with E-state index in [1.54, 1.807) is 13.1 Å². The van der Waals surface area contributed by atoms with Gasteiger partial charge in [-0.3, -0.25) is 0 Å². The normalized spacial score (nSPS) is 11.9. The van der Waals surface area contributed by atoms with Crippen LogP contribution in [-0.4, -0.2) is 28.3 Å². The maximum Gasteiger partial charge on any atom is 0.389 e. The van der Waals surface area contributed by atoms with Crippen molar-refractivity contribution in [1.82, 2.24) is 4.98 Å². The van der Waals surface area contributed by atoms with Gasteiger partial charge in [0.2, 0.25) is 5.82 Å². The highest BCUT2D eigenvalue weighted by atomic mass is 16.6. The maximum absolute atomic E-state index is 10.7. The number of pyridine rings is 1. The number of aliphatic hydroxyl groups is 1. The smallest absolute Gasteiger partial charge is 0.374 e. The first-order chi connectivity index (χ1) is 7.04. The maximum atomic E-state index is 10.7. The van der Waals surface area contributed by atoms with Crippen LogP contribution < -0.4 is 10.6 Å². The highest BCUT2D eigenvalue weighted by Gasteiger charge is 2.17. The predicted molar refractivity (Wildman–Crippen MR) is 55.7 cm³/mol. The molecule has 0 saturated carbocycles. The van der Waals surface area contributed by atoms with Gasteiger partial charge >= 0.3 is 5.82 Å². The second-order valence-corrected chi connectivity index (χ2v) is 2.90. The fraction of sp³-hybridized carbons (Fsp3) is 0.375. The minimum atomic E-state index is -0.870. The van der Waals surface area contributed by atoms with Gasteiger partial charge in [-0.15, -0.1) is 0 Å². The standard InChI is InChI=1S/C8H12N4O3/c1-5(13)10-6-3-4-7(9-2)11-8(6)12(14)15/h3-5,10,13H,1-2H3,(H,9,11). The van der Waals surface area contributed by atoms with Crippen LogP contribution >= 0.6 is 0 Å². The summed E-state index contributed by atoms with van der Waals surface area (Å²) in [6, 6.07) is 3.07. The van der Waals surface area contributed by atoms with Gasteiger partial charge in [0.25, 0.3) is 0 Å². The van der Waals surface area contributed by atoms with Crippen LogP contribution in [0, 0.1) is 10.1 Å². The molecule has 1 atom stereocenters. The summed E-state index contributed by atoms with van der Waals surface area (Å²) in [7, 11) is 1.62. The first kappa shape index (κ1) is 11.2. The number of rotatable bonds is 4. The molecule has 0 spiro atoms. The van der Waals surface area contributed by atoms with Gasteiger partial charge in [-0.1, -0.05) is 0 Å². The lowest BCUT2D eigenvalue weighted by atomic mass is 10.3. The SMILES string of the molecule is CNc1ccc(NC(C)O)c([N+](=O)[O-])n1. The Labute approximate surface area is 86.3 Å². The Hall–Kier alpha value is -1.89. The first-order valence-corrected chi connectivity index (χ1v) is 4.32. The molecular weight excluding hydrogens is 200 g/mol. The lowest BCUT2D eigenvalue weighted by Crippen LogP contribution is -2.15. The zero-order valence-electron chi connectivity index (χ0n) is 8.39. The molecule has 0 aromatic carbocycles. The zero-order valence-corrected chi connectivity index (χ0v) is 8.39. The van der Waals surface area contributed by atoms with Crippen molar-refractivity contribution in [1.29, 1.82) is 0 Å². The average Bonchev–Trinajstić information content (AvgIpc) is 2.17. The summed E-state index contributed by atoms with van der Waals surface area (Å²) in [6.07, 6.45) is -0.870. The van der Waals surface area contributed by atoms with E-state index in [9.17, 15) is 10.1 Å². The molecule has 7 nitrogen and oxygen atoms in total. The molecule has 1 aromatic heterocycles. The molecule has 15 heavy (non-hydrogen) atoms. The molecule has 3 N–H and O–H groups in total. The van der Waals surface area contributed by atoms with Crippen LogP contribution in [0.3, 0.4) is 0 Å². The van der Waals surface area contributed by atoms with E-state index >= 15 is 0 Å². The van der Waals surface area contributed by atoms with Gasteiger partial charge in [-0.05, 0) is 22.9 Å². The van der Waals surface area contributed by atoms with Crippen LogP contribution in [0.5, 0.6) is 0 Å². The number of hydrogen-bond donors (Lipinski definition) is 3. The lowest BCUT2D eigenvalue weighted by Gasteiger charge is -2.08. The zero-order chi connectivity index (χ0) is 11.4. The van der Waals surface area contributed by atoms with Gasteiger partial charge in [-0.25, -0.2) is 0 Å². The van der Waals surface area contributed by atoms with Crippen molar-refractivity contribution in [3.8, 4) is 0 Å². The van der Waals surface area contributed by atoms with E-state index in [4.69, 9.17) is 5.11 Å². The number of aliphatic hydroxyl groups excluding tert-OH is 1. The molecule has 0 amide bonds. The molecule has 7 heteroatoms. The van der Waals surface area contributed by atoms with Crippen LogP contribution in [0.4, 0.5) is 17.3 Å². The van der Waals surface area contributed by atoms with E-state index < -0.39 is 11.2 Å². The molecule has 1 aromatic rings. The van der Waals surface area contributed by atoms with Crippen molar-refractivity contribution < 1.29 is 10.0 Å². The number of anilines is 2. The Kier molecular flexibility index (Phi) is 3.40. The fourth-order valence-corrected chi connectivity index (χ4v) is 1.06. The van der Waals surface area contributed by atoms with E-state index in [1.165, 1.54) is 13.0 Å². The summed E-state index contributed by atoms with van der Waals surface area (Å²) in [5, 5.41) is 25.0. The highest BCUT2D eigenvalue weighted by molar-refractivity contribution is 5.61. The monoisotopic (exact) mass is 212 g/mol. The van der Waals surface area contributed by atoms with Crippen molar-refractivity contribution in [2.45, 2.75) is 13.2 Å². The molecule has 0 aliphatic rings. The topological polar surface area (TPSA) is 100 Å². The summed E-state index contributed by atoms with van der Waals surface area (Å²) in [5.41, 5.74) is 0.189. The Balaban J connectivity index is 3.09. The van der Waals surface area contributed by atoms with Crippen molar-refractivity contribution in [3.05, 3.63) is 22.2 Å². The van der Waals surface area contributed by atoms with Crippen molar-refractivity contribution in [2.75, 3.05) is 17.7 Å². The lowest BCUT2D eigenvalue weighted by molar-refractivity contribution is -0.388. The number of nitro groups is 1. The van der Waals surface area contributed by atoms with Gasteiger partial charge in [-0.2, -0.15) is 0 Å². The second-order valence-electron chi connectivity index (χ2n) is 2.90. The third kappa shape index (κ3) is 2.78. The Morgan fingerprint density at radius 1 is 1.60 bits per heavy atom. The third-order valence-corrected chi connectivity index (χ3v) is 1.67. The van der Waals surface area contributed by atoms with Crippen LogP contribution in [0.25, 0.3) is 0 Å². The van der Waals surface area contributed by atoms with E-state index in [1.807, 2.05) is 0 Å². The van der Waals surface area contributed by atoms with Crippen LogP contribution in [-0.2, 0) is 0 Å². The number of nitrogens with one attached hydrogen (secondary N) is 2. The van der Waals surface area contributed by atoms with Crippen LogP contribution in [0.1, 0.15) is 6.92 Å². The van der Waals surface area contributed by atoms with Crippen LogP contribution in [0.15, 0.2) is 12.1 Å². The van der Waals surface area contributed by atoms with E-state index in [-0.39, 0.29) is 11.5 Å². The van der Waals surface area contributed by atoms with Crippen molar-refractivity contribution >= 4 is 17.3 Å². The first-order valence-electron chi connectivity index (χ1n) is 4.32. The summed E-state index contributed by atoms with van der Waals surface area (Å²) in [5.74, 6) is 0.0839. The molecular formula is C8H12N4O3. The highest BCUT2D eigenvalue weighted by Crippen LogP contribution is 2.23. The van der Waals surface area contributed by atoms with E-state index in [2.05, 4.69) is 15.6 Å². The van der Waals surface area contributed by atoms with Gasteiger partial charge < -0.3 is 25.9 Å². The summed E-state index contributed by atoms with van der Waals surface area (Å²) in [4.78, 5) is 13.8. The molecule has 0 bridgehead atoms. The minimum absolute atomic E-state index is 0.189. The molecule has 1 heterocycles. The number of hydrogen-bond acceptors (Lipinski definition) is 6. The predicted octanol–water partition coefficient (Wildman–Crippen LogP) is 0.782. The molecule has 0 aliphatic carbocycles. The van der Waals surface area contributed by atoms with Gasteiger partial charge in [0, 0.05) is 13.1 Å². The molecule has 1 rings (SSSR count). The molecule has 1 unspecified atom stereocenters. The Bertz CT molecular complexity index is 367. The van der Waals surface area contributed by atoms with Gasteiger partial charge in [0.1, 0.15) is 11.9 Å². The second kappa shape index (κ2) is 4.56. The van der Waals surface area contributed by atoms with E-state index in [0.717, 1.165) is 0 Å². The summed E-state index contributed by atoms with van der Waals surface area (Å²) in [6.45, 7) is 1.47. The van der Waals surface area contributed by atoms with E-state index in [0.29, 0.717) is 5.82 Å². The fourth-order valence-electron chi connectivity index (χ4n) is 1.06. The van der Waals surface area contributed by atoms with Gasteiger partial charge in [0.05, 0.1) is 0 Å². The van der Waals surface area contributed by atoms with Crippen molar-refractivity contribution in [3.63, 3.8) is 0 Å². The average molecular weight is 212 g/mol.